The highest BCUT2D eigenvalue weighted by atomic mass is 35.5. The van der Waals surface area contributed by atoms with Crippen LogP contribution >= 0.6 is 24.0 Å². The van der Waals surface area contributed by atoms with Gasteiger partial charge in [0.25, 0.3) is 11.8 Å². The molecule has 0 aliphatic carbocycles. The van der Waals surface area contributed by atoms with Gasteiger partial charge in [0.15, 0.2) is 5.69 Å². The van der Waals surface area contributed by atoms with E-state index in [1.54, 1.807) is 29.1 Å². The van der Waals surface area contributed by atoms with Gasteiger partial charge in [-0.15, -0.1) is 17.5 Å². The second-order valence-corrected chi connectivity index (χ2v) is 7.27. The maximum Gasteiger partial charge on any atom is 0.277 e. The molecular formula is C18H24Cl2N6O2. The summed E-state index contributed by atoms with van der Waals surface area (Å²) < 4.78 is 1.74. The molecule has 0 spiro atoms. The van der Waals surface area contributed by atoms with Crippen LogP contribution in [0.25, 0.3) is 0 Å². The summed E-state index contributed by atoms with van der Waals surface area (Å²) in [5.41, 5.74) is 0.873. The number of rotatable bonds is 5. The summed E-state index contributed by atoms with van der Waals surface area (Å²) in [5, 5.41) is 17.3. The molecule has 1 aliphatic heterocycles. The lowest BCUT2D eigenvalue weighted by molar-refractivity contribution is 0.0944. The highest BCUT2D eigenvalue weighted by molar-refractivity contribution is 6.31. The number of nitrogens with zero attached hydrogens (tertiary/aromatic N) is 3. The summed E-state index contributed by atoms with van der Waals surface area (Å²) in [7, 11) is 0. The van der Waals surface area contributed by atoms with E-state index in [9.17, 15) is 9.59 Å². The van der Waals surface area contributed by atoms with E-state index in [2.05, 4.69) is 26.3 Å². The Labute approximate surface area is 174 Å². The quantitative estimate of drug-likeness (QED) is 0.681. The molecule has 1 saturated heterocycles. The molecule has 3 rings (SSSR count). The fraction of sp³-hybridized carbons (Fsp3) is 0.444. The Morgan fingerprint density at radius 3 is 2.64 bits per heavy atom. The van der Waals surface area contributed by atoms with E-state index in [-0.39, 0.29) is 36.1 Å². The van der Waals surface area contributed by atoms with E-state index in [0.717, 1.165) is 25.9 Å². The van der Waals surface area contributed by atoms with Gasteiger partial charge in [-0.1, -0.05) is 16.8 Å². The number of hydrogen-bond donors (Lipinski definition) is 3. The van der Waals surface area contributed by atoms with Crippen LogP contribution in [0.15, 0.2) is 24.4 Å². The Kier molecular flexibility index (Phi) is 7.79. The molecule has 152 valence electrons. The van der Waals surface area contributed by atoms with Crippen molar-refractivity contribution < 1.29 is 9.59 Å². The largest absolute Gasteiger partial charge is 0.350 e. The maximum absolute atomic E-state index is 12.6. The topological polar surface area (TPSA) is 101 Å². The van der Waals surface area contributed by atoms with Gasteiger partial charge in [-0.05, 0) is 58.0 Å². The number of aromatic nitrogens is 3. The number of carbonyl (C=O) groups is 2. The predicted octanol–water partition coefficient (Wildman–Crippen LogP) is 2.67. The van der Waals surface area contributed by atoms with E-state index < -0.39 is 5.91 Å². The minimum absolute atomic E-state index is 0. The monoisotopic (exact) mass is 426 g/mol. The first kappa shape index (κ1) is 22.1. The van der Waals surface area contributed by atoms with Crippen molar-refractivity contribution in [1.29, 1.82) is 0 Å². The van der Waals surface area contributed by atoms with Crippen molar-refractivity contribution in [3.63, 3.8) is 0 Å². The molecule has 2 aromatic rings. The molecule has 0 radical (unpaired) electrons. The molecular weight excluding hydrogens is 403 g/mol. The molecule has 1 aromatic carbocycles. The van der Waals surface area contributed by atoms with Gasteiger partial charge in [0.05, 0.1) is 23.5 Å². The number of piperidine rings is 1. The Morgan fingerprint density at radius 1 is 1.25 bits per heavy atom. The average molecular weight is 427 g/mol. The lowest BCUT2D eigenvalue weighted by Gasteiger charge is -2.22. The van der Waals surface area contributed by atoms with Gasteiger partial charge in [-0.25, -0.2) is 4.68 Å². The van der Waals surface area contributed by atoms with Crippen LogP contribution in [0.2, 0.25) is 5.02 Å². The molecule has 0 bridgehead atoms. The number of hydrogen-bond acceptors (Lipinski definition) is 5. The van der Waals surface area contributed by atoms with Gasteiger partial charge in [0.2, 0.25) is 0 Å². The average Bonchev–Trinajstić information content (AvgIpc) is 3.12. The lowest BCUT2D eigenvalue weighted by Crippen LogP contribution is -2.31. The third-order valence-corrected chi connectivity index (χ3v) is 4.56. The SMILES string of the molecule is CC(C)NC(=O)c1ccc(Cl)cc1NC(=O)c1cn(C2CCNCC2)nn1.Cl. The minimum Gasteiger partial charge on any atom is -0.350 e. The number of nitrogens with one attached hydrogen (secondary N) is 3. The van der Waals surface area contributed by atoms with Crippen molar-refractivity contribution >= 4 is 41.5 Å². The molecule has 8 nitrogen and oxygen atoms in total. The van der Waals surface area contributed by atoms with Crippen molar-refractivity contribution in [1.82, 2.24) is 25.6 Å². The third kappa shape index (κ3) is 5.43. The van der Waals surface area contributed by atoms with Crippen molar-refractivity contribution in [2.75, 3.05) is 18.4 Å². The van der Waals surface area contributed by atoms with Gasteiger partial charge in [-0.3, -0.25) is 9.59 Å². The molecule has 2 amide bonds. The zero-order chi connectivity index (χ0) is 19.4. The van der Waals surface area contributed by atoms with E-state index in [0.29, 0.717) is 16.3 Å². The molecule has 2 heterocycles. The number of anilines is 1. The van der Waals surface area contributed by atoms with Crippen LogP contribution < -0.4 is 16.0 Å². The first-order valence-corrected chi connectivity index (χ1v) is 9.36. The van der Waals surface area contributed by atoms with Crippen molar-refractivity contribution in [2.24, 2.45) is 0 Å². The number of amides is 2. The van der Waals surface area contributed by atoms with Crippen LogP contribution in [0.4, 0.5) is 5.69 Å². The molecule has 1 aromatic heterocycles. The van der Waals surface area contributed by atoms with Crippen LogP contribution in [0, 0.1) is 0 Å². The highest BCUT2D eigenvalue weighted by Gasteiger charge is 2.20. The third-order valence-electron chi connectivity index (χ3n) is 4.32. The second-order valence-electron chi connectivity index (χ2n) is 6.84. The summed E-state index contributed by atoms with van der Waals surface area (Å²) in [6.07, 6.45) is 3.53. The van der Waals surface area contributed by atoms with Crippen molar-refractivity contribution in [3.8, 4) is 0 Å². The summed E-state index contributed by atoms with van der Waals surface area (Å²) in [5.74, 6) is -0.716. The number of benzene rings is 1. The maximum atomic E-state index is 12.6. The van der Waals surface area contributed by atoms with Gasteiger partial charge in [-0.2, -0.15) is 0 Å². The summed E-state index contributed by atoms with van der Waals surface area (Å²) in [6.45, 7) is 5.57. The fourth-order valence-electron chi connectivity index (χ4n) is 2.97. The van der Waals surface area contributed by atoms with Gasteiger partial charge in [0.1, 0.15) is 0 Å². The minimum atomic E-state index is -0.434. The smallest absolute Gasteiger partial charge is 0.277 e. The van der Waals surface area contributed by atoms with Crippen LogP contribution in [-0.4, -0.2) is 45.9 Å². The van der Waals surface area contributed by atoms with E-state index >= 15 is 0 Å². The zero-order valence-electron chi connectivity index (χ0n) is 15.7. The molecule has 0 unspecified atom stereocenters. The van der Waals surface area contributed by atoms with E-state index in [1.165, 1.54) is 0 Å². The van der Waals surface area contributed by atoms with E-state index in [1.807, 2.05) is 13.8 Å². The van der Waals surface area contributed by atoms with Crippen LogP contribution in [0.1, 0.15) is 53.6 Å². The molecule has 28 heavy (non-hydrogen) atoms. The summed E-state index contributed by atoms with van der Waals surface area (Å²) in [4.78, 5) is 25.0. The van der Waals surface area contributed by atoms with Crippen molar-refractivity contribution in [2.45, 2.75) is 38.8 Å². The Hall–Kier alpha value is -2.16. The van der Waals surface area contributed by atoms with Gasteiger partial charge in [0, 0.05) is 11.1 Å². The Balaban J connectivity index is 0.00000280. The van der Waals surface area contributed by atoms with Gasteiger partial charge >= 0.3 is 0 Å². The lowest BCUT2D eigenvalue weighted by atomic mass is 10.1. The molecule has 3 N–H and O–H groups in total. The first-order valence-electron chi connectivity index (χ1n) is 8.98. The highest BCUT2D eigenvalue weighted by Crippen LogP contribution is 2.22. The number of halogens is 2. The molecule has 0 saturated carbocycles. The van der Waals surface area contributed by atoms with Crippen LogP contribution in [0.3, 0.4) is 0 Å². The standard InChI is InChI=1S/C18H23ClN6O2.ClH/c1-11(2)21-17(26)14-4-3-12(19)9-15(14)22-18(27)16-10-25(24-23-16)13-5-7-20-8-6-13;/h3-4,9-11,13,20H,5-8H2,1-2H3,(H,21,26)(H,22,27);1H. The Morgan fingerprint density at radius 2 is 1.96 bits per heavy atom. The van der Waals surface area contributed by atoms with Crippen molar-refractivity contribution in [3.05, 3.63) is 40.7 Å². The zero-order valence-corrected chi connectivity index (χ0v) is 17.3. The fourth-order valence-corrected chi connectivity index (χ4v) is 3.15. The Bertz CT molecular complexity index is 833. The normalized spacial score (nSPS) is 14.4. The molecule has 10 heteroatoms. The molecule has 1 aliphatic rings. The number of carbonyl (C=O) groups excluding carboxylic acids is 2. The second kappa shape index (κ2) is 9.86. The predicted molar refractivity (Wildman–Crippen MR) is 110 cm³/mol. The van der Waals surface area contributed by atoms with E-state index in [4.69, 9.17) is 11.6 Å². The first-order chi connectivity index (χ1) is 12.9. The summed E-state index contributed by atoms with van der Waals surface area (Å²) in [6, 6.07) is 4.95. The summed E-state index contributed by atoms with van der Waals surface area (Å²) >= 11 is 6.04. The van der Waals surface area contributed by atoms with Gasteiger partial charge < -0.3 is 16.0 Å². The van der Waals surface area contributed by atoms with Crippen LogP contribution in [-0.2, 0) is 0 Å². The molecule has 0 atom stereocenters. The molecule has 1 fully saturated rings. The van der Waals surface area contributed by atoms with Crippen LogP contribution in [0.5, 0.6) is 0 Å².